The molecule has 1 unspecified atom stereocenters. The van der Waals surface area contributed by atoms with E-state index in [-0.39, 0.29) is 6.04 Å². The van der Waals surface area contributed by atoms with Gasteiger partial charge >= 0.3 is 0 Å². The molecule has 1 aromatic rings. The molecule has 0 saturated carbocycles. The van der Waals surface area contributed by atoms with Gasteiger partial charge in [0.15, 0.2) is 0 Å². The van der Waals surface area contributed by atoms with Crippen LogP contribution < -0.4 is 11.1 Å². The van der Waals surface area contributed by atoms with E-state index in [1.54, 1.807) is 0 Å². The largest absolute Gasteiger partial charge is 0.324 e. The molecule has 3 heteroatoms. The third-order valence-electron chi connectivity index (χ3n) is 4.64. The fourth-order valence-electron chi connectivity index (χ4n) is 3.00. The highest BCUT2D eigenvalue weighted by Gasteiger charge is 2.04. The Hall–Kier alpha value is -0.380. The van der Waals surface area contributed by atoms with Gasteiger partial charge in [-0.3, -0.25) is 0 Å². The van der Waals surface area contributed by atoms with Crippen molar-refractivity contribution in [2.24, 2.45) is 5.73 Å². The molecule has 0 saturated heterocycles. The third kappa shape index (κ3) is 11.2. The molecule has 0 fully saturated rings. The number of nitrogens with two attached hydrogens (primary N) is 1. The Morgan fingerprint density at radius 1 is 0.833 bits per heavy atom. The van der Waals surface area contributed by atoms with Crippen LogP contribution in [0, 0.1) is 0 Å². The van der Waals surface area contributed by atoms with Gasteiger partial charge in [0.1, 0.15) is 0 Å². The van der Waals surface area contributed by atoms with Crippen molar-refractivity contribution in [3.63, 3.8) is 0 Å². The van der Waals surface area contributed by atoms with Gasteiger partial charge in [-0.1, -0.05) is 92.8 Å². The molecule has 0 radical (unpaired) electrons. The molecule has 0 spiro atoms. The van der Waals surface area contributed by atoms with Crippen molar-refractivity contribution < 1.29 is 0 Å². The first-order valence-electron chi connectivity index (χ1n) is 9.95. The standard InChI is InChI=1S/C21H37BrN2/c1-2-3-4-5-6-7-8-9-10-11-17-24-18-16-21(23)19-12-14-20(22)15-13-19/h12-15,21,24H,2-11,16-18,23H2,1H3. The molecule has 0 aliphatic carbocycles. The molecule has 24 heavy (non-hydrogen) atoms. The van der Waals surface area contributed by atoms with Crippen molar-refractivity contribution in [1.82, 2.24) is 5.32 Å². The first kappa shape index (κ1) is 21.7. The van der Waals surface area contributed by atoms with Crippen molar-refractivity contribution in [1.29, 1.82) is 0 Å². The molecule has 0 aromatic heterocycles. The Kier molecular flexibility index (Phi) is 13.5. The van der Waals surface area contributed by atoms with Crippen molar-refractivity contribution in [3.05, 3.63) is 34.3 Å². The van der Waals surface area contributed by atoms with Crippen molar-refractivity contribution in [2.75, 3.05) is 13.1 Å². The van der Waals surface area contributed by atoms with E-state index < -0.39 is 0 Å². The minimum absolute atomic E-state index is 0.137. The molecule has 1 atom stereocenters. The van der Waals surface area contributed by atoms with Crippen molar-refractivity contribution in [2.45, 2.75) is 83.6 Å². The molecule has 138 valence electrons. The molecular weight excluding hydrogens is 360 g/mol. The van der Waals surface area contributed by atoms with E-state index in [1.807, 2.05) is 0 Å². The van der Waals surface area contributed by atoms with Gasteiger partial charge in [-0.25, -0.2) is 0 Å². The van der Waals surface area contributed by atoms with E-state index in [4.69, 9.17) is 5.73 Å². The highest BCUT2D eigenvalue weighted by atomic mass is 79.9. The molecule has 2 nitrogen and oxygen atoms in total. The van der Waals surface area contributed by atoms with Gasteiger partial charge < -0.3 is 11.1 Å². The topological polar surface area (TPSA) is 38.0 Å². The van der Waals surface area contributed by atoms with Crippen LogP contribution in [0.4, 0.5) is 0 Å². The Labute approximate surface area is 158 Å². The first-order valence-corrected chi connectivity index (χ1v) is 10.7. The maximum absolute atomic E-state index is 6.23. The zero-order valence-corrected chi connectivity index (χ0v) is 17.1. The molecular formula is C21H37BrN2. The fraction of sp³-hybridized carbons (Fsp3) is 0.714. The fourth-order valence-corrected chi connectivity index (χ4v) is 3.26. The monoisotopic (exact) mass is 396 g/mol. The lowest BCUT2D eigenvalue weighted by Gasteiger charge is -2.12. The zero-order chi connectivity index (χ0) is 17.5. The summed E-state index contributed by atoms with van der Waals surface area (Å²) in [6.45, 7) is 4.42. The maximum Gasteiger partial charge on any atom is 0.0307 e. The van der Waals surface area contributed by atoms with Crippen LogP contribution in [0.15, 0.2) is 28.7 Å². The second-order valence-electron chi connectivity index (χ2n) is 6.88. The van der Waals surface area contributed by atoms with Gasteiger partial charge in [0.25, 0.3) is 0 Å². The third-order valence-corrected chi connectivity index (χ3v) is 5.17. The highest BCUT2D eigenvalue weighted by molar-refractivity contribution is 9.10. The second kappa shape index (κ2) is 14.9. The first-order chi connectivity index (χ1) is 11.7. The molecule has 0 aliphatic heterocycles. The molecule has 0 heterocycles. The summed E-state index contributed by atoms with van der Waals surface area (Å²) in [4.78, 5) is 0. The smallest absolute Gasteiger partial charge is 0.0307 e. The van der Waals surface area contributed by atoms with E-state index >= 15 is 0 Å². The Morgan fingerprint density at radius 2 is 1.38 bits per heavy atom. The van der Waals surface area contributed by atoms with Gasteiger partial charge in [-0.05, 0) is 43.6 Å². The molecule has 0 aliphatic rings. The van der Waals surface area contributed by atoms with E-state index in [0.717, 1.165) is 24.0 Å². The van der Waals surface area contributed by atoms with Crippen LogP contribution >= 0.6 is 15.9 Å². The lowest BCUT2D eigenvalue weighted by atomic mass is 10.0. The van der Waals surface area contributed by atoms with Crippen molar-refractivity contribution in [3.8, 4) is 0 Å². The second-order valence-corrected chi connectivity index (χ2v) is 7.79. The van der Waals surface area contributed by atoms with Crippen LogP contribution in [0.3, 0.4) is 0 Å². The Morgan fingerprint density at radius 3 is 1.96 bits per heavy atom. The average molecular weight is 397 g/mol. The normalized spacial score (nSPS) is 12.5. The number of unbranched alkanes of at least 4 members (excludes halogenated alkanes) is 9. The maximum atomic E-state index is 6.23. The van der Waals surface area contributed by atoms with Crippen LogP contribution in [0.5, 0.6) is 0 Å². The summed E-state index contributed by atoms with van der Waals surface area (Å²) in [5, 5.41) is 3.53. The summed E-state index contributed by atoms with van der Waals surface area (Å²) in [6.07, 6.45) is 15.0. The minimum atomic E-state index is 0.137. The predicted octanol–water partition coefficient (Wildman–Crippen LogP) is 6.35. The number of rotatable bonds is 15. The SMILES string of the molecule is CCCCCCCCCCCCNCCC(N)c1ccc(Br)cc1. The van der Waals surface area contributed by atoms with Crippen LogP contribution in [0.1, 0.15) is 89.2 Å². The van der Waals surface area contributed by atoms with Gasteiger partial charge in [0.2, 0.25) is 0 Å². The predicted molar refractivity (Wildman–Crippen MR) is 110 cm³/mol. The summed E-state index contributed by atoms with van der Waals surface area (Å²) in [7, 11) is 0. The number of hydrogen-bond donors (Lipinski definition) is 2. The number of halogens is 1. The molecule has 0 amide bonds. The quantitative estimate of drug-likeness (QED) is 0.339. The Balaban J connectivity index is 1.86. The lowest BCUT2D eigenvalue weighted by Crippen LogP contribution is -2.22. The van der Waals surface area contributed by atoms with E-state index in [9.17, 15) is 0 Å². The molecule has 3 N–H and O–H groups in total. The van der Waals surface area contributed by atoms with Crippen LogP contribution in [0.25, 0.3) is 0 Å². The number of nitrogens with one attached hydrogen (secondary N) is 1. The van der Waals surface area contributed by atoms with Gasteiger partial charge in [0.05, 0.1) is 0 Å². The van der Waals surface area contributed by atoms with Gasteiger partial charge in [-0.15, -0.1) is 0 Å². The van der Waals surface area contributed by atoms with E-state index in [0.29, 0.717) is 0 Å². The van der Waals surface area contributed by atoms with Crippen LogP contribution in [-0.2, 0) is 0 Å². The summed E-state index contributed by atoms with van der Waals surface area (Å²) in [5.74, 6) is 0. The van der Waals surface area contributed by atoms with E-state index in [1.165, 1.54) is 69.8 Å². The summed E-state index contributed by atoms with van der Waals surface area (Å²) >= 11 is 3.46. The summed E-state index contributed by atoms with van der Waals surface area (Å²) in [6, 6.07) is 8.48. The minimum Gasteiger partial charge on any atom is -0.324 e. The van der Waals surface area contributed by atoms with Crippen LogP contribution in [0.2, 0.25) is 0 Å². The highest BCUT2D eigenvalue weighted by Crippen LogP contribution is 2.17. The van der Waals surface area contributed by atoms with Crippen LogP contribution in [-0.4, -0.2) is 13.1 Å². The van der Waals surface area contributed by atoms with Crippen molar-refractivity contribution >= 4 is 15.9 Å². The number of benzene rings is 1. The molecule has 1 rings (SSSR count). The molecule has 0 bridgehead atoms. The molecule has 1 aromatic carbocycles. The summed E-state index contributed by atoms with van der Waals surface area (Å²) < 4.78 is 1.11. The Bertz CT molecular complexity index is 391. The van der Waals surface area contributed by atoms with Gasteiger partial charge in [-0.2, -0.15) is 0 Å². The lowest BCUT2D eigenvalue weighted by molar-refractivity contribution is 0.530. The van der Waals surface area contributed by atoms with E-state index in [2.05, 4.69) is 52.4 Å². The van der Waals surface area contributed by atoms with Gasteiger partial charge in [0, 0.05) is 10.5 Å². The number of hydrogen-bond acceptors (Lipinski definition) is 2. The zero-order valence-electron chi connectivity index (χ0n) is 15.5. The average Bonchev–Trinajstić information content (AvgIpc) is 2.59. The summed E-state index contributed by atoms with van der Waals surface area (Å²) in [5.41, 5.74) is 7.45.